The zero-order chi connectivity index (χ0) is 17.6. The molecule has 0 radical (unpaired) electrons. The highest BCUT2D eigenvalue weighted by Gasteiger charge is 2.17. The molecule has 0 saturated heterocycles. The molecule has 0 bridgehead atoms. The minimum atomic E-state index is -0.664. The lowest BCUT2D eigenvalue weighted by Crippen LogP contribution is -2.30. The van der Waals surface area contributed by atoms with Gasteiger partial charge in [0.25, 0.3) is 5.91 Å². The molecule has 0 unspecified atom stereocenters. The van der Waals surface area contributed by atoms with Gasteiger partial charge in [0.2, 0.25) is 5.13 Å². The Morgan fingerprint density at radius 2 is 1.88 bits per heavy atom. The highest BCUT2D eigenvalue weighted by atomic mass is 35.5. The van der Waals surface area contributed by atoms with Crippen molar-refractivity contribution in [2.75, 3.05) is 5.32 Å². The average molecular weight is 374 g/mol. The van der Waals surface area contributed by atoms with Crippen molar-refractivity contribution in [3.63, 3.8) is 0 Å². The van der Waals surface area contributed by atoms with E-state index in [2.05, 4.69) is 15.5 Å². The normalized spacial score (nSPS) is 11.8. The van der Waals surface area contributed by atoms with Crippen molar-refractivity contribution in [1.82, 2.24) is 10.2 Å². The molecule has 1 N–H and O–H groups in total. The summed E-state index contributed by atoms with van der Waals surface area (Å²) in [5.74, 6) is 0.298. The third-order valence-electron chi connectivity index (χ3n) is 3.39. The van der Waals surface area contributed by atoms with Crippen LogP contribution in [0, 0.1) is 0 Å². The fourth-order valence-electron chi connectivity index (χ4n) is 2.12. The van der Waals surface area contributed by atoms with Crippen LogP contribution in [0.3, 0.4) is 0 Å². The largest absolute Gasteiger partial charge is 0.481 e. The number of carbonyl (C=O) groups is 1. The van der Waals surface area contributed by atoms with Crippen LogP contribution in [-0.4, -0.2) is 22.2 Å². The van der Waals surface area contributed by atoms with Gasteiger partial charge in [-0.15, -0.1) is 10.2 Å². The molecule has 5 nitrogen and oxygen atoms in total. The zero-order valence-electron chi connectivity index (χ0n) is 13.5. The van der Waals surface area contributed by atoms with Gasteiger partial charge in [0.15, 0.2) is 6.10 Å². The Hall–Kier alpha value is -2.44. The van der Waals surface area contributed by atoms with Crippen LogP contribution >= 0.6 is 22.9 Å². The van der Waals surface area contributed by atoms with Crippen LogP contribution in [0.5, 0.6) is 5.75 Å². The molecular weight excluding hydrogens is 358 g/mol. The lowest BCUT2D eigenvalue weighted by molar-refractivity contribution is -0.122. The molecule has 0 saturated carbocycles. The first-order valence-electron chi connectivity index (χ1n) is 7.69. The molecular formula is C18H16ClN3O2S. The summed E-state index contributed by atoms with van der Waals surface area (Å²) < 4.78 is 5.59. The Morgan fingerprint density at radius 1 is 1.16 bits per heavy atom. The van der Waals surface area contributed by atoms with Crippen molar-refractivity contribution in [3.8, 4) is 5.75 Å². The maximum absolute atomic E-state index is 12.2. The van der Waals surface area contributed by atoms with E-state index in [-0.39, 0.29) is 5.91 Å². The van der Waals surface area contributed by atoms with Crippen LogP contribution in [0.2, 0.25) is 5.02 Å². The van der Waals surface area contributed by atoms with Gasteiger partial charge in [0.05, 0.1) is 0 Å². The Labute approximate surface area is 154 Å². The summed E-state index contributed by atoms with van der Waals surface area (Å²) in [4.78, 5) is 12.2. The Balaban J connectivity index is 1.56. The Bertz CT molecular complexity index is 837. The molecule has 1 aromatic heterocycles. The van der Waals surface area contributed by atoms with Gasteiger partial charge < -0.3 is 4.74 Å². The molecule has 3 rings (SSSR count). The van der Waals surface area contributed by atoms with Gasteiger partial charge >= 0.3 is 0 Å². The van der Waals surface area contributed by atoms with Crippen molar-refractivity contribution in [2.24, 2.45) is 0 Å². The molecule has 25 heavy (non-hydrogen) atoms. The standard InChI is InChI=1S/C18H16ClN3O2S/c1-12(24-15-9-7-14(19)8-10-15)17(23)20-18-22-21-16(25-18)11-13-5-3-2-4-6-13/h2-10,12H,11H2,1H3,(H,20,22,23)/t12-/m1/s1. The highest BCUT2D eigenvalue weighted by Crippen LogP contribution is 2.20. The molecule has 0 fully saturated rings. The van der Waals surface area contributed by atoms with E-state index >= 15 is 0 Å². The van der Waals surface area contributed by atoms with Crippen LogP contribution in [-0.2, 0) is 11.2 Å². The lowest BCUT2D eigenvalue weighted by atomic mass is 10.2. The number of carbonyl (C=O) groups excluding carboxylic acids is 1. The van der Waals surface area contributed by atoms with Gasteiger partial charge in [-0.3, -0.25) is 10.1 Å². The molecule has 0 aliphatic carbocycles. The second kappa shape index (κ2) is 8.09. The number of benzene rings is 2. The first kappa shape index (κ1) is 17.4. The van der Waals surface area contributed by atoms with Crippen molar-refractivity contribution in [2.45, 2.75) is 19.4 Å². The highest BCUT2D eigenvalue weighted by molar-refractivity contribution is 7.15. The molecule has 1 heterocycles. The van der Waals surface area contributed by atoms with Gasteiger partial charge in [0, 0.05) is 11.4 Å². The summed E-state index contributed by atoms with van der Waals surface area (Å²) in [5, 5.41) is 12.8. The number of nitrogens with zero attached hydrogens (tertiary/aromatic N) is 2. The smallest absolute Gasteiger partial charge is 0.266 e. The molecule has 7 heteroatoms. The van der Waals surface area contributed by atoms with Crippen LogP contribution in [0.1, 0.15) is 17.5 Å². The fraction of sp³-hybridized carbons (Fsp3) is 0.167. The second-order valence-corrected chi connectivity index (χ2v) is 6.87. The summed E-state index contributed by atoms with van der Waals surface area (Å²) in [7, 11) is 0. The number of hydrogen-bond donors (Lipinski definition) is 1. The third-order valence-corrected chi connectivity index (χ3v) is 4.48. The van der Waals surface area contributed by atoms with E-state index in [4.69, 9.17) is 16.3 Å². The van der Waals surface area contributed by atoms with E-state index in [1.54, 1.807) is 31.2 Å². The fourth-order valence-corrected chi connectivity index (χ4v) is 3.03. The number of ether oxygens (including phenoxy) is 1. The number of nitrogens with one attached hydrogen (secondary N) is 1. The quantitative estimate of drug-likeness (QED) is 0.703. The van der Waals surface area contributed by atoms with Gasteiger partial charge in [0.1, 0.15) is 10.8 Å². The van der Waals surface area contributed by atoms with Gasteiger partial charge in [-0.25, -0.2) is 0 Å². The van der Waals surface area contributed by atoms with E-state index in [1.807, 2.05) is 30.3 Å². The maximum Gasteiger partial charge on any atom is 0.266 e. The molecule has 128 valence electrons. The number of amides is 1. The van der Waals surface area contributed by atoms with E-state index in [9.17, 15) is 4.79 Å². The van der Waals surface area contributed by atoms with E-state index in [1.165, 1.54) is 11.3 Å². The number of aromatic nitrogens is 2. The second-order valence-electron chi connectivity index (χ2n) is 5.37. The Morgan fingerprint density at radius 3 is 2.60 bits per heavy atom. The molecule has 3 aromatic rings. The zero-order valence-corrected chi connectivity index (χ0v) is 15.1. The van der Waals surface area contributed by atoms with E-state index in [0.29, 0.717) is 22.3 Å². The summed E-state index contributed by atoms with van der Waals surface area (Å²) in [6, 6.07) is 16.8. The molecule has 2 aromatic carbocycles. The summed E-state index contributed by atoms with van der Waals surface area (Å²) >= 11 is 7.18. The predicted molar refractivity (Wildman–Crippen MR) is 99.3 cm³/mol. The average Bonchev–Trinajstić information content (AvgIpc) is 3.04. The molecule has 0 aliphatic rings. The maximum atomic E-state index is 12.2. The van der Waals surface area contributed by atoms with Crippen molar-refractivity contribution in [1.29, 1.82) is 0 Å². The third kappa shape index (κ3) is 5.01. The SMILES string of the molecule is C[C@@H](Oc1ccc(Cl)cc1)C(=O)Nc1nnc(Cc2ccccc2)s1. The van der Waals surface area contributed by atoms with Crippen LogP contribution in [0.25, 0.3) is 0 Å². The minimum absolute atomic E-state index is 0.280. The van der Waals surface area contributed by atoms with E-state index in [0.717, 1.165) is 10.6 Å². The first-order valence-corrected chi connectivity index (χ1v) is 8.89. The number of rotatable bonds is 6. The molecule has 0 aliphatic heterocycles. The van der Waals surface area contributed by atoms with E-state index < -0.39 is 6.10 Å². The monoisotopic (exact) mass is 373 g/mol. The van der Waals surface area contributed by atoms with Crippen LogP contribution in [0.4, 0.5) is 5.13 Å². The minimum Gasteiger partial charge on any atom is -0.481 e. The summed E-state index contributed by atoms with van der Waals surface area (Å²) in [5.41, 5.74) is 1.15. The molecule has 1 amide bonds. The van der Waals surface area contributed by atoms with Gasteiger partial charge in [-0.2, -0.15) is 0 Å². The topological polar surface area (TPSA) is 64.1 Å². The first-order chi connectivity index (χ1) is 12.1. The van der Waals surface area contributed by atoms with Crippen molar-refractivity contribution >= 4 is 34.0 Å². The van der Waals surface area contributed by atoms with Crippen LogP contribution in [0.15, 0.2) is 54.6 Å². The van der Waals surface area contributed by atoms with Gasteiger partial charge in [-0.05, 0) is 36.8 Å². The predicted octanol–water partition coefficient (Wildman–Crippen LogP) is 4.19. The van der Waals surface area contributed by atoms with Crippen molar-refractivity contribution < 1.29 is 9.53 Å². The Kier molecular flexibility index (Phi) is 5.63. The summed E-state index contributed by atoms with van der Waals surface area (Å²) in [6.45, 7) is 1.68. The molecule has 1 atom stereocenters. The number of hydrogen-bond acceptors (Lipinski definition) is 5. The lowest BCUT2D eigenvalue weighted by Gasteiger charge is -2.13. The summed E-state index contributed by atoms with van der Waals surface area (Å²) in [6.07, 6.45) is 0.0215. The van der Waals surface area contributed by atoms with Crippen molar-refractivity contribution in [3.05, 3.63) is 70.2 Å². The number of halogens is 1. The van der Waals surface area contributed by atoms with Gasteiger partial charge in [-0.1, -0.05) is 53.3 Å². The van der Waals surface area contributed by atoms with Crippen LogP contribution < -0.4 is 10.1 Å². The number of anilines is 1. The molecule has 0 spiro atoms.